The van der Waals surface area contributed by atoms with Crippen molar-refractivity contribution in [1.82, 2.24) is 16.0 Å². The normalized spacial score (nSPS) is 14.3. The van der Waals surface area contributed by atoms with E-state index in [-0.39, 0.29) is 38.0 Å². The molecular formula is C21H36N4O9S. The Morgan fingerprint density at radius 2 is 1.20 bits per heavy atom. The van der Waals surface area contributed by atoms with Gasteiger partial charge >= 0.3 is 17.9 Å². The molecule has 0 rings (SSSR count). The van der Waals surface area contributed by atoms with Gasteiger partial charge in [-0.15, -0.1) is 0 Å². The minimum absolute atomic E-state index is 0.0556. The third-order valence-corrected chi connectivity index (χ3v) is 5.50. The van der Waals surface area contributed by atoms with Crippen LogP contribution in [-0.2, 0) is 28.8 Å². The molecule has 0 saturated heterocycles. The van der Waals surface area contributed by atoms with Crippen molar-refractivity contribution in [3.05, 3.63) is 0 Å². The van der Waals surface area contributed by atoms with Crippen LogP contribution in [0.2, 0.25) is 0 Å². The van der Waals surface area contributed by atoms with Crippen LogP contribution in [0.25, 0.3) is 0 Å². The van der Waals surface area contributed by atoms with E-state index in [1.54, 1.807) is 20.1 Å². The average Bonchev–Trinajstić information content (AvgIpc) is 2.76. The van der Waals surface area contributed by atoms with Gasteiger partial charge in [0.25, 0.3) is 0 Å². The molecule has 0 fully saturated rings. The van der Waals surface area contributed by atoms with Crippen LogP contribution in [-0.4, -0.2) is 87.1 Å². The molecule has 0 aliphatic heterocycles. The van der Waals surface area contributed by atoms with Gasteiger partial charge in [0.2, 0.25) is 17.7 Å². The van der Waals surface area contributed by atoms with Crippen molar-refractivity contribution in [1.29, 1.82) is 0 Å². The Hall–Kier alpha value is -2.87. The second-order valence-corrected chi connectivity index (χ2v) is 9.39. The first-order valence-electron chi connectivity index (χ1n) is 11.1. The first-order chi connectivity index (χ1) is 16.3. The first-order valence-corrected chi connectivity index (χ1v) is 12.5. The maximum Gasteiger partial charge on any atom is 0.326 e. The van der Waals surface area contributed by atoms with Crippen LogP contribution in [0.4, 0.5) is 0 Å². The molecule has 0 aliphatic rings. The fraction of sp³-hybridized carbons (Fsp3) is 0.714. The van der Waals surface area contributed by atoms with Crippen molar-refractivity contribution in [3.63, 3.8) is 0 Å². The van der Waals surface area contributed by atoms with Gasteiger partial charge in [-0.3, -0.25) is 24.0 Å². The Kier molecular flexibility index (Phi) is 15.3. The van der Waals surface area contributed by atoms with Gasteiger partial charge in [-0.25, -0.2) is 4.79 Å². The van der Waals surface area contributed by atoms with Crippen LogP contribution >= 0.6 is 11.8 Å². The number of aliphatic carboxylic acids is 3. The topological polar surface area (TPSA) is 225 Å². The summed E-state index contributed by atoms with van der Waals surface area (Å²) in [4.78, 5) is 71.3. The van der Waals surface area contributed by atoms with Gasteiger partial charge in [0, 0.05) is 12.8 Å². The number of hydrogen-bond acceptors (Lipinski definition) is 8. The minimum atomic E-state index is -1.36. The molecule has 0 aromatic rings. The lowest BCUT2D eigenvalue weighted by atomic mass is 10.0. The van der Waals surface area contributed by atoms with Crippen LogP contribution in [0.15, 0.2) is 0 Å². The number of hydrogen-bond donors (Lipinski definition) is 7. The highest BCUT2D eigenvalue weighted by atomic mass is 32.2. The van der Waals surface area contributed by atoms with Crippen molar-refractivity contribution in [3.8, 4) is 0 Å². The lowest BCUT2D eigenvalue weighted by Gasteiger charge is -2.25. The SMILES string of the molecule is CSCCC(NC(=O)C(N)CCC(=O)O)C(=O)NC(CCC(=O)O)C(=O)NC(CC(C)C)C(=O)O. The fourth-order valence-corrected chi connectivity index (χ4v) is 3.44. The summed E-state index contributed by atoms with van der Waals surface area (Å²) in [5.74, 6) is -5.61. The summed E-state index contributed by atoms with van der Waals surface area (Å²) in [5.41, 5.74) is 5.70. The van der Waals surface area contributed by atoms with Gasteiger partial charge < -0.3 is 37.0 Å². The summed E-state index contributed by atoms with van der Waals surface area (Å²) in [6.07, 6.45) is 0.802. The molecule has 13 nitrogen and oxygen atoms in total. The zero-order valence-electron chi connectivity index (χ0n) is 20.1. The highest BCUT2D eigenvalue weighted by Gasteiger charge is 2.30. The number of thioether (sulfide) groups is 1. The number of rotatable bonds is 18. The Morgan fingerprint density at radius 1 is 0.743 bits per heavy atom. The van der Waals surface area contributed by atoms with E-state index in [1.807, 2.05) is 0 Å². The molecule has 0 spiro atoms. The van der Waals surface area contributed by atoms with E-state index < -0.39 is 66.2 Å². The van der Waals surface area contributed by atoms with Gasteiger partial charge in [0.1, 0.15) is 18.1 Å². The maximum atomic E-state index is 12.9. The van der Waals surface area contributed by atoms with E-state index in [0.717, 1.165) is 0 Å². The third-order valence-electron chi connectivity index (χ3n) is 4.85. The van der Waals surface area contributed by atoms with E-state index in [2.05, 4.69) is 16.0 Å². The zero-order chi connectivity index (χ0) is 27.1. The maximum absolute atomic E-state index is 12.9. The number of carboxylic acid groups (broad SMARTS) is 3. The largest absolute Gasteiger partial charge is 0.481 e. The van der Waals surface area contributed by atoms with Crippen molar-refractivity contribution < 1.29 is 44.1 Å². The quantitative estimate of drug-likeness (QED) is 0.120. The molecular weight excluding hydrogens is 484 g/mol. The lowest BCUT2D eigenvalue weighted by molar-refractivity contribution is -0.143. The van der Waals surface area contributed by atoms with E-state index in [4.69, 9.17) is 15.9 Å². The molecule has 35 heavy (non-hydrogen) atoms. The molecule has 3 amide bonds. The molecule has 0 aromatic heterocycles. The number of nitrogens with one attached hydrogen (secondary N) is 3. The van der Waals surface area contributed by atoms with E-state index in [0.29, 0.717) is 5.75 Å². The molecule has 0 saturated carbocycles. The van der Waals surface area contributed by atoms with Crippen LogP contribution in [0, 0.1) is 5.92 Å². The molecule has 4 unspecified atom stereocenters. The van der Waals surface area contributed by atoms with Crippen LogP contribution in [0.3, 0.4) is 0 Å². The summed E-state index contributed by atoms with van der Waals surface area (Å²) < 4.78 is 0. The van der Waals surface area contributed by atoms with Crippen molar-refractivity contribution in [2.24, 2.45) is 11.7 Å². The Labute approximate surface area is 208 Å². The molecule has 14 heteroatoms. The Morgan fingerprint density at radius 3 is 1.66 bits per heavy atom. The van der Waals surface area contributed by atoms with Crippen LogP contribution in [0.1, 0.15) is 52.4 Å². The molecule has 8 N–H and O–H groups in total. The number of carbonyl (C=O) groups excluding carboxylic acids is 3. The van der Waals surface area contributed by atoms with Crippen molar-refractivity contribution >= 4 is 47.4 Å². The average molecular weight is 521 g/mol. The van der Waals surface area contributed by atoms with Gasteiger partial charge in [-0.1, -0.05) is 13.8 Å². The molecule has 0 heterocycles. The summed E-state index contributed by atoms with van der Waals surface area (Å²) in [6.45, 7) is 3.54. The highest BCUT2D eigenvalue weighted by Crippen LogP contribution is 2.08. The molecule has 0 bridgehead atoms. The van der Waals surface area contributed by atoms with Gasteiger partial charge in [0.15, 0.2) is 0 Å². The standard InChI is InChI=1S/C21H36N4O9S/c1-11(2)10-15(21(33)34)25-19(31)13(5-7-17(28)29)24-20(32)14(8-9-35-3)23-18(30)12(22)4-6-16(26)27/h11-15H,4-10,22H2,1-3H3,(H,23,30)(H,24,32)(H,25,31)(H,26,27)(H,28,29)(H,33,34). The van der Waals surface area contributed by atoms with E-state index in [1.165, 1.54) is 11.8 Å². The predicted molar refractivity (Wildman–Crippen MR) is 128 cm³/mol. The van der Waals surface area contributed by atoms with Crippen LogP contribution < -0.4 is 21.7 Å². The first kappa shape index (κ1) is 32.1. The Balaban J connectivity index is 5.51. The zero-order valence-corrected chi connectivity index (χ0v) is 20.9. The number of carbonyl (C=O) groups is 6. The molecule has 0 aromatic carbocycles. The summed E-state index contributed by atoms with van der Waals surface area (Å²) >= 11 is 1.39. The fourth-order valence-electron chi connectivity index (χ4n) is 2.97. The number of carboxylic acids is 3. The monoisotopic (exact) mass is 520 g/mol. The summed E-state index contributed by atoms with van der Waals surface area (Å²) in [6, 6.07) is -4.89. The van der Waals surface area contributed by atoms with Crippen molar-refractivity contribution in [2.45, 2.75) is 76.5 Å². The molecule has 200 valence electrons. The second-order valence-electron chi connectivity index (χ2n) is 8.40. The van der Waals surface area contributed by atoms with Crippen molar-refractivity contribution in [2.75, 3.05) is 12.0 Å². The number of nitrogens with two attached hydrogens (primary N) is 1. The van der Waals surface area contributed by atoms with Gasteiger partial charge in [-0.2, -0.15) is 11.8 Å². The van der Waals surface area contributed by atoms with Gasteiger partial charge in [0.05, 0.1) is 6.04 Å². The van der Waals surface area contributed by atoms with E-state index >= 15 is 0 Å². The van der Waals surface area contributed by atoms with E-state index in [9.17, 15) is 33.9 Å². The molecule has 4 atom stereocenters. The van der Waals surface area contributed by atoms with Crippen LogP contribution in [0.5, 0.6) is 0 Å². The Bertz CT molecular complexity index is 763. The predicted octanol–water partition coefficient (Wildman–Crippen LogP) is -0.618. The summed E-state index contributed by atoms with van der Waals surface area (Å²) in [5, 5.41) is 34.3. The highest BCUT2D eigenvalue weighted by molar-refractivity contribution is 7.98. The molecule has 0 radical (unpaired) electrons. The third kappa shape index (κ3) is 14.2. The number of amides is 3. The minimum Gasteiger partial charge on any atom is -0.481 e. The smallest absolute Gasteiger partial charge is 0.326 e. The second kappa shape index (κ2) is 16.7. The lowest BCUT2D eigenvalue weighted by Crippen LogP contribution is -2.57. The molecule has 0 aliphatic carbocycles. The van der Waals surface area contributed by atoms with Gasteiger partial charge in [-0.05, 0) is 43.6 Å². The summed E-state index contributed by atoms with van der Waals surface area (Å²) in [7, 11) is 0.